The van der Waals surface area contributed by atoms with E-state index in [9.17, 15) is 0 Å². The Balaban J connectivity index is 2.12. The summed E-state index contributed by atoms with van der Waals surface area (Å²) in [6.07, 6.45) is 0. The van der Waals surface area contributed by atoms with Crippen LogP contribution in [0.25, 0.3) is 0 Å². The third-order valence-corrected chi connectivity index (χ3v) is 4.66. The van der Waals surface area contributed by atoms with Crippen LogP contribution in [0, 0.1) is 0 Å². The van der Waals surface area contributed by atoms with Gasteiger partial charge in [-0.1, -0.05) is 11.6 Å². The highest BCUT2D eigenvalue weighted by Gasteiger charge is 2.09. The lowest BCUT2D eigenvalue weighted by Gasteiger charge is -2.14. The molecule has 0 aliphatic heterocycles. The fourth-order valence-electron chi connectivity index (χ4n) is 1.64. The van der Waals surface area contributed by atoms with Gasteiger partial charge in [-0.05, 0) is 53.2 Å². The lowest BCUT2D eigenvalue weighted by Crippen LogP contribution is -2.04. The van der Waals surface area contributed by atoms with Gasteiger partial charge in [0.05, 0.1) is 22.0 Å². The zero-order valence-electron chi connectivity index (χ0n) is 10.0. The predicted octanol–water partition coefficient (Wildman–Crippen LogP) is 5.35. The highest BCUT2D eigenvalue weighted by Crippen LogP contribution is 2.32. The maximum absolute atomic E-state index is 6.09. The van der Waals surface area contributed by atoms with Gasteiger partial charge in [0.25, 0.3) is 0 Å². The molecule has 1 unspecified atom stereocenters. The molecular weight excluding hydrogens is 334 g/mol. The third kappa shape index (κ3) is 3.19. The van der Waals surface area contributed by atoms with E-state index in [-0.39, 0.29) is 6.04 Å². The molecule has 1 aromatic heterocycles. The van der Waals surface area contributed by atoms with Crippen molar-refractivity contribution < 1.29 is 4.74 Å². The van der Waals surface area contributed by atoms with Crippen LogP contribution in [-0.2, 0) is 0 Å². The van der Waals surface area contributed by atoms with Crippen molar-refractivity contribution in [2.75, 3.05) is 12.4 Å². The van der Waals surface area contributed by atoms with Crippen LogP contribution in [0.3, 0.4) is 0 Å². The molecule has 2 rings (SSSR count). The first-order valence-corrected chi connectivity index (χ1v) is 7.44. The van der Waals surface area contributed by atoms with Gasteiger partial charge in [-0.15, -0.1) is 11.3 Å². The summed E-state index contributed by atoms with van der Waals surface area (Å²) in [5.74, 6) is 0.689. The monoisotopic (exact) mass is 345 g/mol. The Morgan fingerprint density at radius 2 is 2.11 bits per heavy atom. The highest BCUT2D eigenvalue weighted by atomic mass is 79.9. The van der Waals surface area contributed by atoms with Gasteiger partial charge in [-0.3, -0.25) is 0 Å². The number of rotatable bonds is 4. The second-order valence-corrected chi connectivity index (χ2v) is 6.76. The Kier molecular flexibility index (Phi) is 4.54. The number of hydrogen-bond acceptors (Lipinski definition) is 3. The molecule has 1 atom stereocenters. The lowest BCUT2D eigenvalue weighted by molar-refractivity contribution is 0.415. The molecule has 2 aromatic rings. The molecule has 1 aromatic carbocycles. The third-order valence-electron chi connectivity index (χ3n) is 2.56. The summed E-state index contributed by atoms with van der Waals surface area (Å²) in [7, 11) is 1.61. The molecule has 0 spiro atoms. The van der Waals surface area contributed by atoms with Gasteiger partial charge < -0.3 is 10.1 Å². The van der Waals surface area contributed by atoms with Crippen molar-refractivity contribution >= 4 is 44.6 Å². The summed E-state index contributed by atoms with van der Waals surface area (Å²) >= 11 is 11.3. The summed E-state index contributed by atoms with van der Waals surface area (Å²) in [5, 5.41) is 4.03. The SMILES string of the molecule is COc1ccc(NC(C)c2ccc(Br)s2)cc1Cl. The first-order chi connectivity index (χ1) is 8.60. The molecule has 1 heterocycles. The first-order valence-electron chi connectivity index (χ1n) is 5.45. The highest BCUT2D eigenvalue weighted by molar-refractivity contribution is 9.11. The zero-order chi connectivity index (χ0) is 13.1. The van der Waals surface area contributed by atoms with Crippen LogP contribution in [0.15, 0.2) is 34.1 Å². The van der Waals surface area contributed by atoms with Crippen LogP contribution in [0.1, 0.15) is 17.8 Å². The number of anilines is 1. The van der Waals surface area contributed by atoms with Crippen molar-refractivity contribution in [3.05, 3.63) is 44.0 Å². The largest absolute Gasteiger partial charge is 0.495 e. The van der Waals surface area contributed by atoms with Crippen molar-refractivity contribution in [3.63, 3.8) is 0 Å². The fourth-order valence-corrected chi connectivity index (χ4v) is 3.32. The van der Waals surface area contributed by atoms with E-state index in [1.165, 1.54) is 4.88 Å². The van der Waals surface area contributed by atoms with Crippen LogP contribution in [0.4, 0.5) is 5.69 Å². The molecule has 2 nitrogen and oxygen atoms in total. The van der Waals surface area contributed by atoms with Crippen molar-refractivity contribution in [3.8, 4) is 5.75 Å². The molecule has 18 heavy (non-hydrogen) atoms. The van der Waals surface area contributed by atoms with Gasteiger partial charge in [0, 0.05) is 10.6 Å². The predicted molar refractivity (Wildman–Crippen MR) is 82.1 cm³/mol. The average molecular weight is 347 g/mol. The van der Waals surface area contributed by atoms with Crippen LogP contribution in [0.5, 0.6) is 5.75 Å². The second-order valence-electron chi connectivity index (χ2n) is 3.86. The molecule has 0 saturated heterocycles. The van der Waals surface area contributed by atoms with E-state index in [2.05, 4.69) is 40.3 Å². The van der Waals surface area contributed by atoms with E-state index >= 15 is 0 Å². The molecule has 1 N–H and O–H groups in total. The quantitative estimate of drug-likeness (QED) is 0.806. The molecule has 0 saturated carbocycles. The van der Waals surface area contributed by atoms with Gasteiger partial charge >= 0.3 is 0 Å². The summed E-state index contributed by atoms with van der Waals surface area (Å²) < 4.78 is 6.27. The van der Waals surface area contributed by atoms with Crippen molar-refractivity contribution in [2.45, 2.75) is 13.0 Å². The number of hydrogen-bond donors (Lipinski definition) is 1. The van der Waals surface area contributed by atoms with Crippen LogP contribution in [0.2, 0.25) is 5.02 Å². The Hall–Kier alpha value is -0.710. The number of benzene rings is 1. The van der Waals surface area contributed by atoms with Crippen molar-refractivity contribution in [1.82, 2.24) is 0 Å². The standard InChI is InChI=1S/C13H13BrClNOS/c1-8(12-5-6-13(14)18-12)16-9-3-4-11(17-2)10(15)7-9/h3-8,16H,1-2H3. The fraction of sp³-hybridized carbons (Fsp3) is 0.231. The molecule has 0 radical (unpaired) electrons. The number of halogens is 2. The lowest BCUT2D eigenvalue weighted by atomic mass is 10.2. The minimum absolute atomic E-state index is 0.241. The normalized spacial score (nSPS) is 12.2. The Morgan fingerprint density at radius 1 is 1.33 bits per heavy atom. The van der Waals surface area contributed by atoms with E-state index < -0.39 is 0 Å². The molecule has 0 bridgehead atoms. The van der Waals surface area contributed by atoms with Crippen molar-refractivity contribution in [2.24, 2.45) is 0 Å². The summed E-state index contributed by atoms with van der Waals surface area (Å²) in [6.45, 7) is 2.12. The molecule has 96 valence electrons. The number of thiophene rings is 1. The first kappa shape index (κ1) is 13.7. The maximum Gasteiger partial charge on any atom is 0.137 e. The van der Waals surface area contributed by atoms with E-state index in [1.54, 1.807) is 18.4 Å². The number of methoxy groups -OCH3 is 1. The number of nitrogens with one attached hydrogen (secondary N) is 1. The molecule has 5 heteroatoms. The zero-order valence-corrected chi connectivity index (χ0v) is 13.2. The van der Waals surface area contributed by atoms with E-state index in [1.807, 2.05) is 18.2 Å². The maximum atomic E-state index is 6.09. The van der Waals surface area contributed by atoms with Gasteiger partial charge in [-0.25, -0.2) is 0 Å². The number of ether oxygens (including phenoxy) is 1. The molecule has 0 aliphatic carbocycles. The summed E-state index contributed by atoms with van der Waals surface area (Å²) in [6, 6.07) is 10.1. The van der Waals surface area contributed by atoms with Gasteiger partial charge in [0.15, 0.2) is 0 Å². The van der Waals surface area contributed by atoms with Crippen LogP contribution < -0.4 is 10.1 Å². The summed E-state index contributed by atoms with van der Waals surface area (Å²) in [4.78, 5) is 1.27. The molecule has 0 aliphatic rings. The Bertz CT molecular complexity index is 544. The van der Waals surface area contributed by atoms with Gasteiger partial charge in [-0.2, -0.15) is 0 Å². The van der Waals surface area contributed by atoms with Gasteiger partial charge in [0.1, 0.15) is 5.75 Å². The van der Waals surface area contributed by atoms with E-state index in [0.717, 1.165) is 9.47 Å². The van der Waals surface area contributed by atoms with Crippen LogP contribution >= 0.6 is 38.9 Å². The summed E-state index contributed by atoms with van der Waals surface area (Å²) in [5.41, 5.74) is 0.984. The molecule has 0 fully saturated rings. The minimum atomic E-state index is 0.241. The van der Waals surface area contributed by atoms with E-state index in [4.69, 9.17) is 16.3 Å². The smallest absolute Gasteiger partial charge is 0.137 e. The minimum Gasteiger partial charge on any atom is -0.495 e. The van der Waals surface area contributed by atoms with Crippen molar-refractivity contribution in [1.29, 1.82) is 0 Å². The van der Waals surface area contributed by atoms with Gasteiger partial charge in [0.2, 0.25) is 0 Å². The van der Waals surface area contributed by atoms with E-state index in [0.29, 0.717) is 10.8 Å². The Morgan fingerprint density at radius 3 is 2.67 bits per heavy atom. The topological polar surface area (TPSA) is 21.3 Å². The molecular formula is C13H13BrClNOS. The van der Waals surface area contributed by atoms with Crippen LogP contribution in [-0.4, -0.2) is 7.11 Å². The Labute approximate surface area is 124 Å². The molecule has 0 amide bonds. The second kappa shape index (κ2) is 5.95. The average Bonchev–Trinajstić information content (AvgIpc) is 2.76.